The smallest absolute Gasteiger partial charge is 0.411 e. The van der Waals surface area contributed by atoms with Crippen molar-refractivity contribution in [2.45, 2.75) is 45.4 Å². The maximum Gasteiger partial charge on any atom is 0.411 e. The van der Waals surface area contributed by atoms with E-state index in [2.05, 4.69) is 0 Å². The summed E-state index contributed by atoms with van der Waals surface area (Å²) >= 11 is 0.867. The number of hydrogen-bond acceptors (Lipinski definition) is 7. The molecule has 0 fully saturated rings. The molecule has 0 heterocycles. The molecule has 0 aliphatic heterocycles. The predicted molar refractivity (Wildman–Crippen MR) is 107 cm³/mol. The van der Waals surface area contributed by atoms with Gasteiger partial charge in [0.2, 0.25) is 0 Å². The second-order valence-electron chi connectivity index (χ2n) is 6.98. The van der Waals surface area contributed by atoms with Crippen LogP contribution in [-0.2, 0) is 20.9 Å². The molecule has 8 nitrogen and oxygen atoms in total. The first kappa shape index (κ1) is 23.8. The second kappa shape index (κ2) is 11.6. The Morgan fingerprint density at radius 2 is 1.86 bits per heavy atom. The summed E-state index contributed by atoms with van der Waals surface area (Å²) in [7, 11) is 0. The van der Waals surface area contributed by atoms with Crippen LogP contribution in [0.2, 0.25) is 0 Å². The van der Waals surface area contributed by atoms with Crippen molar-refractivity contribution in [2.75, 3.05) is 18.8 Å². The Morgan fingerprint density at radius 1 is 1.21 bits per heavy atom. The number of carbonyl (C=O) groups is 3. The van der Waals surface area contributed by atoms with E-state index < -0.39 is 29.0 Å². The maximum atomic E-state index is 12.3. The van der Waals surface area contributed by atoms with Gasteiger partial charge in [-0.05, 0) is 44.5 Å². The molecule has 0 radical (unpaired) electrons. The molecule has 9 heteroatoms. The third kappa shape index (κ3) is 9.09. The van der Waals surface area contributed by atoms with E-state index in [0.717, 1.165) is 22.2 Å². The van der Waals surface area contributed by atoms with Crippen molar-refractivity contribution >= 4 is 29.1 Å². The number of nitrogens with zero attached hydrogens (tertiary/aromatic N) is 1. The highest BCUT2D eigenvalue weighted by Crippen LogP contribution is 2.17. The minimum Gasteiger partial charge on any atom is -0.480 e. The molecule has 156 valence electrons. The summed E-state index contributed by atoms with van der Waals surface area (Å²) < 4.78 is 10.4. The Kier molecular flexibility index (Phi) is 9.81. The summed E-state index contributed by atoms with van der Waals surface area (Å²) in [4.78, 5) is 36.9. The molecule has 1 amide bonds. The molecule has 0 aromatic heterocycles. The van der Waals surface area contributed by atoms with Gasteiger partial charge < -0.3 is 20.3 Å². The summed E-state index contributed by atoms with van der Waals surface area (Å²) in [5.74, 6) is -1.01. The third-order valence-corrected chi connectivity index (χ3v) is 4.26. The number of amides is 1. The molecule has 0 unspecified atom stereocenters. The van der Waals surface area contributed by atoms with E-state index in [1.54, 1.807) is 20.8 Å². The number of rotatable bonds is 9. The van der Waals surface area contributed by atoms with Crippen LogP contribution in [-0.4, -0.2) is 57.9 Å². The largest absolute Gasteiger partial charge is 0.480 e. The standard InChI is InChI=1S/C19H28N2O6S/c1-19(2,3)27-17(24)21(11-10-20)15(16(22)23)9-12-28-18(25)26-13-14-7-5-4-6-8-14/h4-8,15H,9-13,20H2,1-3H3,(H,22,23)/t15-/m0/s1. The average molecular weight is 413 g/mol. The maximum absolute atomic E-state index is 12.3. The molecule has 1 aromatic rings. The van der Waals surface area contributed by atoms with Gasteiger partial charge in [0.05, 0.1) is 0 Å². The fraction of sp³-hybridized carbons (Fsp3) is 0.526. The number of aliphatic carboxylic acids is 1. The lowest BCUT2D eigenvalue weighted by molar-refractivity contribution is -0.143. The molecule has 0 aliphatic rings. The summed E-state index contributed by atoms with van der Waals surface area (Å²) in [5, 5.41) is 9.02. The molecule has 0 aliphatic carbocycles. The van der Waals surface area contributed by atoms with Crippen molar-refractivity contribution in [1.29, 1.82) is 0 Å². The van der Waals surface area contributed by atoms with E-state index in [0.29, 0.717) is 0 Å². The zero-order valence-corrected chi connectivity index (χ0v) is 17.2. The number of carbonyl (C=O) groups excluding carboxylic acids is 2. The number of nitrogens with two attached hydrogens (primary N) is 1. The highest BCUT2D eigenvalue weighted by Gasteiger charge is 2.32. The Morgan fingerprint density at radius 3 is 2.39 bits per heavy atom. The van der Waals surface area contributed by atoms with Gasteiger partial charge in [-0.2, -0.15) is 0 Å². The summed E-state index contributed by atoms with van der Waals surface area (Å²) in [5.41, 5.74) is 5.62. The number of hydrogen-bond donors (Lipinski definition) is 2. The average Bonchev–Trinajstić information content (AvgIpc) is 2.61. The molecule has 28 heavy (non-hydrogen) atoms. The molecule has 1 aromatic carbocycles. The van der Waals surface area contributed by atoms with Gasteiger partial charge in [-0.1, -0.05) is 30.3 Å². The molecule has 0 saturated heterocycles. The Hall–Kier alpha value is -2.26. The van der Waals surface area contributed by atoms with Crippen molar-refractivity contribution in [3.63, 3.8) is 0 Å². The van der Waals surface area contributed by atoms with E-state index in [4.69, 9.17) is 15.2 Å². The van der Waals surface area contributed by atoms with Crippen LogP contribution in [0.1, 0.15) is 32.8 Å². The molecule has 1 rings (SSSR count). The number of ether oxygens (including phenoxy) is 2. The fourth-order valence-corrected chi connectivity index (χ4v) is 2.91. The molecule has 1 atom stereocenters. The van der Waals surface area contributed by atoms with Crippen LogP contribution in [0.25, 0.3) is 0 Å². The van der Waals surface area contributed by atoms with Crippen molar-refractivity contribution in [2.24, 2.45) is 5.73 Å². The number of thioether (sulfide) groups is 1. The lowest BCUT2D eigenvalue weighted by atomic mass is 10.2. The van der Waals surface area contributed by atoms with E-state index in [-0.39, 0.29) is 31.9 Å². The second-order valence-corrected chi connectivity index (χ2v) is 8.01. The zero-order valence-electron chi connectivity index (χ0n) is 16.4. The van der Waals surface area contributed by atoms with Crippen molar-refractivity contribution in [3.8, 4) is 0 Å². The third-order valence-electron chi connectivity index (χ3n) is 3.47. The molecule has 0 spiro atoms. The summed E-state index contributed by atoms with van der Waals surface area (Å²) in [6.07, 6.45) is -0.693. The monoisotopic (exact) mass is 412 g/mol. The van der Waals surface area contributed by atoms with E-state index >= 15 is 0 Å². The number of carboxylic acid groups (broad SMARTS) is 1. The van der Waals surface area contributed by atoms with Gasteiger partial charge >= 0.3 is 17.4 Å². The Labute approximate surface area is 169 Å². The van der Waals surface area contributed by atoms with Crippen LogP contribution >= 0.6 is 11.8 Å². The first-order valence-electron chi connectivity index (χ1n) is 8.90. The minimum absolute atomic E-state index is 0.0367. The first-order valence-corrected chi connectivity index (χ1v) is 9.88. The summed E-state index contributed by atoms with van der Waals surface area (Å²) in [6.45, 7) is 5.36. The molecule has 0 saturated carbocycles. The van der Waals surface area contributed by atoms with Crippen LogP contribution in [0.3, 0.4) is 0 Å². The Bertz CT molecular complexity index is 648. The van der Waals surface area contributed by atoms with Crippen molar-refractivity contribution < 1.29 is 29.0 Å². The van der Waals surface area contributed by atoms with Gasteiger partial charge in [-0.15, -0.1) is 0 Å². The van der Waals surface area contributed by atoms with Crippen LogP contribution < -0.4 is 5.73 Å². The van der Waals surface area contributed by atoms with Gasteiger partial charge in [0, 0.05) is 18.8 Å². The summed E-state index contributed by atoms with van der Waals surface area (Å²) in [6, 6.07) is 8.08. The topological polar surface area (TPSA) is 119 Å². The normalized spacial score (nSPS) is 12.1. The highest BCUT2D eigenvalue weighted by molar-refractivity contribution is 8.13. The van der Waals surface area contributed by atoms with Gasteiger partial charge in [0.15, 0.2) is 0 Å². The first-order chi connectivity index (χ1) is 13.1. The van der Waals surface area contributed by atoms with Gasteiger partial charge in [-0.3, -0.25) is 4.90 Å². The van der Waals surface area contributed by atoms with Gasteiger partial charge in [-0.25, -0.2) is 14.4 Å². The highest BCUT2D eigenvalue weighted by atomic mass is 32.2. The number of benzene rings is 1. The molecular weight excluding hydrogens is 384 g/mol. The quantitative estimate of drug-likeness (QED) is 0.594. The molecular formula is C19H28N2O6S. The SMILES string of the molecule is CC(C)(C)OC(=O)N(CCN)[C@@H](CCSC(=O)OCc1ccccc1)C(=O)O. The number of carboxylic acids is 1. The van der Waals surface area contributed by atoms with E-state index in [1.807, 2.05) is 30.3 Å². The van der Waals surface area contributed by atoms with Crippen molar-refractivity contribution in [1.82, 2.24) is 4.90 Å². The minimum atomic E-state index is -1.18. The van der Waals surface area contributed by atoms with Crippen LogP contribution in [0, 0.1) is 0 Å². The Balaban J connectivity index is 2.58. The van der Waals surface area contributed by atoms with Gasteiger partial charge in [0.1, 0.15) is 18.2 Å². The molecule has 0 bridgehead atoms. The van der Waals surface area contributed by atoms with E-state index in [1.165, 1.54) is 0 Å². The van der Waals surface area contributed by atoms with Gasteiger partial charge in [0.25, 0.3) is 0 Å². The van der Waals surface area contributed by atoms with E-state index in [9.17, 15) is 19.5 Å². The van der Waals surface area contributed by atoms with Crippen LogP contribution in [0.5, 0.6) is 0 Å². The molecule has 3 N–H and O–H groups in total. The lowest BCUT2D eigenvalue weighted by Gasteiger charge is -2.31. The zero-order chi connectivity index (χ0) is 21.2. The lowest BCUT2D eigenvalue weighted by Crippen LogP contribution is -2.49. The van der Waals surface area contributed by atoms with Crippen LogP contribution in [0.15, 0.2) is 30.3 Å². The predicted octanol–water partition coefficient (Wildman–Crippen LogP) is 3.10. The van der Waals surface area contributed by atoms with Crippen LogP contribution in [0.4, 0.5) is 9.59 Å². The van der Waals surface area contributed by atoms with Crippen molar-refractivity contribution in [3.05, 3.63) is 35.9 Å². The fourth-order valence-electron chi connectivity index (χ4n) is 2.26.